The first-order chi connectivity index (χ1) is 11.6. The molecule has 0 amide bonds. The Labute approximate surface area is 138 Å². The normalized spacial score (nSPS) is 13.8. The molecule has 0 fully saturated rings. The van der Waals surface area contributed by atoms with E-state index in [0.29, 0.717) is 17.0 Å². The number of ether oxygens (including phenoxy) is 1. The van der Waals surface area contributed by atoms with Crippen LogP contribution in [-0.4, -0.2) is 23.8 Å². The molecule has 0 saturated carbocycles. The van der Waals surface area contributed by atoms with Crippen molar-refractivity contribution in [3.8, 4) is 5.75 Å². The number of para-hydroxylation sites is 1. The molecule has 2 aromatic rings. The number of aliphatic imine (C=N–C) groups is 1. The highest BCUT2D eigenvalue weighted by Gasteiger charge is 2.15. The molecule has 0 bridgehead atoms. The Kier molecular flexibility index (Phi) is 4.69. The second-order valence-electron chi connectivity index (χ2n) is 5.33. The van der Waals surface area contributed by atoms with Crippen molar-refractivity contribution in [3.05, 3.63) is 69.5 Å². The lowest BCUT2D eigenvalue weighted by Gasteiger charge is -2.15. The van der Waals surface area contributed by atoms with Crippen molar-refractivity contribution in [2.24, 2.45) is 4.99 Å². The molecule has 0 unspecified atom stereocenters. The molecule has 0 radical (unpaired) electrons. The Bertz CT molecular complexity index is 792. The van der Waals surface area contributed by atoms with Gasteiger partial charge in [-0.3, -0.25) is 15.1 Å². The summed E-state index contributed by atoms with van der Waals surface area (Å²) in [5.74, 6) is 0.194. The van der Waals surface area contributed by atoms with Gasteiger partial charge < -0.3 is 10.1 Å². The van der Waals surface area contributed by atoms with Gasteiger partial charge in [0.1, 0.15) is 12.4 Å². The van der Waals surface area contributed by atoms with Gasteiger partial charge in [-0.1, -0.05) is 12.1 Å². The SMILES string of the molecule is O=[N+]([O-])c1ccccc1COc1ccc(C2=NCCCN2)cc1F. The Balaban J connectivity index is 1.74. The zero-order valence-electron chi connectivity index (χ0n) is 12.9. The third-order valence-corrected chi connectivity index (χ3v) is 3.67. The summed E-state index contributed by atoms with van der Waals surface area (Å²) >= 11 is 0. The molecule has 0 spiro atoms. The predicted molar refractivity (Wildman–Crippen MR) is 87.9 cm³/mol. The lowest BCUT2D eigenvalue weighted by atomic mass is 10.1. The van der Waals surface area contributed by atoms with E-state index >= 15 is 0 Å². The highest BCUT2D eigenvalue weighted by Crippen LogP contribution is 2.23. The number of nitro groups is 1. The molecular formula is C17H16FN3O3. The first kappa shape index (κ1) is 15.9. The topological polar surface area (TPSA) is 76.8 Å². The van der Waals surface area contributed by atoms with Crippen LogP contribution < -0.4 is 10.1 Å². The summed E-state index contributed by atoms with van der Waals surface area (Å²) in [5, 5.41) is 14.1. The fourth-order valence-electron chi connectivity index (χ4n) is 2.46. The fourth-order valence-corrected chi connectivity index (χ4v) is 2.46. The summed E-state index contributed by atoms with van der Waals surface area (Å²) in [5.41, 5.74) is 1.00. The van der Waals surface area contributed by atoms with Gasteiger partial charge in [0.15, 0.2) is 11.6 Å². The van der Waals surface area contributed by atoms with Crippen LogP contribution >= 0.6 is 0 Å². The summed E-state index contributed by atoms with van der Waals surface area (Å²) in [7, 11) is 0. The third-order valence-electron chi connectivity index (χ3n) is 3.67. The van der Waals surface area contributed by atoms with Gasteiger partial charge in [0.05, 0.1) is 10.5 Å². The second kappa shape index (κ2) is 7.08. The number of hydrogen-bond acceptors (Lipinski definition) is 5. The highest BCUT2D eigenvalue weighted by molar-refractivity contribution is 5.99. The summed E-state index contributed by atoms with van der Waals surface area (Å²) in [6, 6.07) is 10.8. The van der Waals surface area contributed by atoms with Crippen molar-refractivity contribution < 1.29 is 14.1 Å². The van der Waals surface area contributed by atoms with E-state index < -0.39 is 10.7 Å². The monoisotopic (exact) mass is 329 g/mol. The molecule has 3 rings (SSSR count). The smallest absolute Gasteiger partial charge is 0.276 e. The number of nitrogens with one attached hydrogen (secondary N) is 1. The second-order valence-corrected chi connectivity index (χ2v) is 5.33. The van der Waals surface area contributed by atoms with Gasteiger partial charge in [-0.25, -0.2) is 4.39 Å². The van der Waals surface area contributed by atoms with E-state index in [9.17, 15) is 14.5 Å². The predicted octanol–water partition coefficient (Wildman–Crippen LogP) is 3.05. The maximum Gasteiger partial charge on any atom is 0.276 e. The van der Waals surface area contributed by atoms with Crippen LogP contribution in [0.4, 0.5) is 10.1 Å². The minimum atomic E-state index is -0.527. The van der Waals surface area contributed by atoms with Gasteiger partial charge in [0.25, 0.3) is 5.69 Å². The molecule has 1 heterocycles. The molecule has 124 valence electrons. The van der Waals surface area contributed by atoms with E-state index in [0.717, 1.165) is 19.5 Å². The van der Waals surface area contributed by atoms with Gasteiger partial charge in [0.2, 0.25) is 0 Å². The van der Waals surface area contributed by atoms with Crippen LogP contribution in [0.15, 0.2) is 47.5 Å². The summed E-state index contributed by atoms with van der Waals surface area (Å²) in [6.07, 6.45) is 0.961. The first-order valence-corrected chi connectivity index (χ1v) is 7.58. The van der Waals surface area contributed by atoms with Gasteiger partial charge in [0, 0.05) is 24.7 Å². The largest absolute Gasteiger partial charge is 0.486 e. The lowest BCUT2D eigenvalue weighted by molar-refractivity contribution is -0.385. The van der Waals surface area contributed by atoms with Crippen LogP contribution in [0.3, 0.4) is 0 Å². The molecule has 1 aliphatic rings. The zero-order chi connectivity index (χ0) is 16.9. The van der Waals surface area contributed by atoms with Crippen molar-refractivity contribution in [2.45, 2.75) is 13.0 Å². The number of nitrogens with zero attached hydrogens (tertiary/aromatic N) is 2. The molecular weight excluding hydrogens is 313 g/mol. The minimum Gasteiger partial charge on any atom is -0.486 e. The Morgan fingerprint density at radius 3 is 2.83 bits per heavy atom. The minimum absolute atomic E-state index is 0.0460. The van der Waals surface area contributed by atoms with Crippen LogP contribution in [0.2, 0.25) is 0 Å². The van der Waals surface area contributed by atoms with Crippen LogP contribution in [0.5, 0.6) is 5.75 Å². The number of nitro benzene ring substituents is 1. The van der Waals surface area contributed by atoms with Crippen molar-refractivity contribution in [1.29, 1.82) is 0 Å². The average Bonchev–Trinajstić information content (AvgIpc) is 2.61. The number of hydrogen-bond donors (Lipinski definition) is 1. The lowest BCUT2D eigenvalue weighted by Crippen LogP contribution is -2.30. The Hall–Kier alpha value is -2.96. The standard InChI is InChI=1S/C17H16FN3O3/c18-14-10-12(17-19-8-3-9-20-17)6-7-16(14)24-11-13-4-1-2-5-15(13)21(22)23/h1-2,4-7,10H,3,8-9,11H2,(H,19,20). The summed E-state index contributed by atoms with van der Waals surface area (Å²) < 4.78 is 19.6. The fraction of sp³-hybridized carbons (Fsp3) is 0.235. The number of halogens is 1. The van der Waals surface area contributed by atoms with Gasteiger partial charge in [-0.2, -0.15) is 0 Å². The maximum atomic E-state index is 14.2. The van der Waals surface area contributed by atoms with E-state index in [1.807, 2.05) is 0 Å². The first-order valence-electron chi connectivity index (χ1n) is 7.58. The molecule has 7 heteroatoms. The van der Waals surface area contributed by atoms with E-state index in [1.54, 1.807) is 24.3 Å². The summed E-state index contributed by atoms with van der Waals surface area (Å²) in [6.45, 7) is 1.46. The maximum absolute atomic E-state index is 14.2. The van der Waals surface area contributed by atoms with Crippen molar-refractivity contribution >= 4 is 11.5 Å². The molecule has 0 atom stereocenters. The van der Waals surface area contributed by atoms with Crippen molar-refractivity contribution in [2.75, 3.05) is 13.1 Å². The van der Waals surface area contributed by atoms with E-state index in [2.05, 4.69) is 10.3 Å². The van der Waals surface area contributed by atoms with E-state index in [1.165, 1.54) is 18.2 Å². The van der Waals surface area contributed by atoms with Gasteiger partial charge >= 0.3 is 0 Å². The van der Waals surface area contributed by atoms with E-state index in [4.69, 9.17) is 4.74 Å². The van der Waals surface area contributed by atoms with Crippen molar-refractivity contribution in [3.63, 3.8) is 0 Å². The summed E-state index contributed by atoms with van der Waals surface area (Å²) in [4.78, 5) is 14.8. The van der Waals surface area contributed by atoms with E-state index in [-0.39, 0.29) is 18.0 Å². The number of rotatable bonds is 5. The highest BCUT2D eigenvalue weighted by atomic mass is 19.1. The Morgan fingerprint density at radius 2 is 2.12 bits per heavy atom. The zero-order valence-corrected chi connectivity index (χ0v) is 12.9. The molecule has 0 saturated heterocycles. The average molecular weight is 329 g/mol. The van der Waals surface area contributed by atoms with Crippen LogP contribution in [0, 0.1) is 15.9 Å². The van der Waals surface area contributed by atoms with Gasteiger partial charge in [-0.15, -0.1) is 0 Å². The number of amidine groups is 1. The number of benzene rings is 2. The van der Waals surface area contributed by atoms with Crippen LogP contribution in [0.25, 0.3) is 0 Å². The molecule has 0 aromatic heterocycles. The Morgan fingerprint density at radius 1 is 1.29 bits per heavy atom. The third kappa shape index (κ3) is 3.51. The van der Waals surface area contributed by atoms with Crippen LogP contribution in [0.1, 0.15) is 17.5 Å². The van der Waals surface area contributed by atoms with Crippen LogP contribution in [-0.2, 0) is 6.61 Å². The van der Waals surface area contributed by atoms with Gasteiger partial charge in [-0.05, 0) is 30.7 Å². The molecule has 24 heavy (non-hydrogen) atoms. The molecule has 1 aliphatic heterocycles. The van der Waals surface area contributed by atoms with Crippen molar-refractivity contribution in [1.82, 2.24) is 5.32 Å². The molecule has 0 aliphatic carbocycles. The molecule has 2 aromatic carbocycles. The quantitative estimate of drug-likeness (QED) is 0.675. The molecule has 6 nitrogen and oxygen atoms in total. The molecule has 1 N–H and O–H groups in total.